The van der Waals surface area contributed by atoms with E-state index in [4.69, 9.17) is 28.2 Å². The van der Waals surface area contributed by atoms with Crippen LogP contribution in [0.2, 0.25) is 0 Å². The number of ether oxygens (including phenoxy) is 5. The number of piperidine rings is 1. The molecule has 0 aromatic heterocycles. The number of hydrogen-bond acceptors (Lipinski definition) is 15. The predicted molar refractivity (Wildman–Crippen MR) is 265 cm³/mol. The molecule has 2 bridgehead atoms. The zero-order chi connectivity index (χ0) is 52.2. The summed E-state index contributed by atoms with van der Waals surface area (Å²) >= 11 is 0. The lowest BCUT2D eigenvalue weighted by molar-refractivity contribution is -0.265. The molecule has 0 aromatic carbocycles. The zero-order valence-electron chi connectivity index (χ0n) is 43.7. The van der Waals surface area contributed by atoms with Gasteiger partial charge >= 0.3 is 5.97 Å². The van der Waals surface area contributed by atoms with E-state index in [2.05, 4.69) is 0 Å². The third-order valence-electron chi connectivity index (χ3n) is 14.9. The Morgan fingerprint density at radius 1 is 0.843 bits per heavy atom. The lowest BCUT2D eigenvalue weighted by Crippen LogP contribution is -2.61. The highest BCUT2D eigenvalue weighted by molar-refractivity contribution is 7.57. The summed E-state index contributed by atoms with van der Waals surface area (Å²) in [7, 11) is 1.68. The number of cyclic esters (lactones) is 1. The number of rotatable bonds is 8. The number of Topliss-reactive ketones (excluding diaryl/α,β-unsaturated/α-hetero) is 3. The molecular formula is C53H84NO15P. The number of aliphatic hydroxyl groups excluding tert-OH is 2. The second-order valence-electron chi connectivity index (χ2n) is 21.1. The van der Waals surface area contributed by atoms with Crippen LogP contribution in [0.5, 0.6) is 0 Å². The number of carbonyl (C=O) groups excluding carboxylic acids is 5. The highest BCUT2D eigenvalue weighted by atomic mass is 31.2. The van der Waals surface area contributed by atoms with Gasteiger partial charge in [-0.15, -0.1) is 0 Å². The molecular weight excluding hydrogens is 922 g/mol. The van der Waals surface area contributed by atoms with E-state index in [1.165, 1.54) is 7.11 Å². The van der Waals surface area contributed by atoms with Crippen LogP contribution < -0.4 is 0 Å². The highest BCUT2D eigenvalue weighted by Gasteiger charge is 2.53. The van der Waals surface area contributed by atoms with Crippen molar-refractivity contribution in [2.24, 2.45) is 35.5 Å². The largest absolute Gasteiger partial charge is 0.460 e. The van der Waals surface area contributed by atoms with Gasteiger partial charge in [0, 0.05) is 78.2 Å². The Kier molecular flexibility index (Phi) is 22.6. The average molecular weight is 1010 g/mol. The molecule has 1 aliphatic carbocycles. The van der Waals surface area contributed by atoms with Crippen molar-refractivity contribution in [3.8, 4) is 0 Å². The number of fused-ring (bicyclic) bond motifs is 3. The molecule has 0 aromatic rings. The SMILES string of the molecule is CO[C@H]1C[C@@H]2CC[C@@H](C)[C@@](O)(O2)C(=O)C(=O)N2CCC(O)C[C@H]2C(=O)O[C@H]([C@H](C)C[C@@H]2CC[C@@H](OP(C)(C)=O)[C@H](OC)C2)CC(=O)[C@H](C)/C=C(\C)[C@@H](O)[C@@H](OC)C(=O)[C@H](C)C[C@H](C)/C=C/C=C/C=C/1C. The van der Waals surface area contributed by atoms with Gasteiger partial charge in [-0.25, -0.2) is 4.79 Å². The molecule has 1 saturated carbocycles. The standard InChI is InChI=1S/C53H84NO15P/c1-31-16-14-13-15-17-32(2)44(64-8)29-40-20-18-37(7)53(62,68-40)50(59)51(60)54-23-22-39(55)28-41(54)52(61)67-45(34(4)26-38-19-21-43(46(27-38)65-9)69-70(11,12)63)30-42(56)33(3)25-36(6)48(58)49(66-10)47(57)35(5)24-31/h13-17,25,31,33-35,37-41,43-46,48-49,55,58,62H,18-24,26-30H2,1-12H3/b15-13+,16-14+,32-17+,36-25+/t31-,33-,34-,35-,37-,38+,39?,40+,41+,43-,44+,45+,46-,48-,49+,53-/m1/s1. The molecule has 4 rings (SSSR count). The lowest BCUT2D eigenvalue weighted by Gasteiger charge is -2.43. The molecule has 3 fully saturated rings. The van der Waals surface area contributed by atoms with Crippen LogP contribution in [0.25, 0.3) is 0 Å². The van der Waals surface area contributed by atoms with Crippen molar-refractivity contribution in [3.05, 3.63) is 47.6 Å². The normalized spacial score (nSPS) is 39.7. The summed E-state index contributed by atoms with van der Waals surface area (Å²) in [5.41, 5.74) is 1.20. The summed E-state index contributed by atoms with van der Waals surface area (Å²) < 4.78 is 48.1. The number of allylic oxidation sites excluding steroid dienone is 6. The minimum absolute atomic E-state index is 0.00214. The second-order valence-corrected chi connectivity index (χ2v) is 23.8. The van der Waals surface area contributed by atoms with Gasteiger partial charge in [-0.3, -0.25) is 23.7 Å². The van der Waals surface area contributed by atoms with E-state index in [0.29, 0.717) is 50.5 Å². The summed E-state index contributed by atoms with van der Waals surface area (Å²) in [5.74, 6) is -8.86. The fraction of sp³-hybridized carbons (Fsp3) is 0.755. The number of esters is 1. The minimum atomic E-state index is -2.81. The van der Waals surface area contributed by atoms with Gasteiger partial charge in [0.15, 0.2) is 13.2 Å². The molecule has 3 heterocycles. The second kappa shape index (κ2) is 26.7. The van der Waals surface area contributed by atoms with Crippen LogP contribution in [0.4, 0.5) is 0 Å². The molecule has 3 N–H and O–H groups in total. The summed E-state index contributed by atoms with van der Waals surface area (Å²) in [6.07, 6.45) is 8.13. The molecule has 396 valence electrons. The Morgan fingerprint density at radius 3 is 2.19 bits per heavy atom. The first-order valence-electron chi connectivity index (χ1n) is 25.2. The number of carbonyl (C=O) groups is 5. The highest BCUT2D eigenvalue weighted by Crippen LogP contribution is 2.45. The van der Waals surface area contributed by atoms with Gasteiger partial charge in [-0.05, 0) is 94.1 Å². The van der Waals surface area contributed by atoms with Crippen LogP contribution in [0.3, 0.4) is 0 Å². The third-order valence-corrected chi connectivity index (χ3v) is 15.7. The van der Waals surface area contributed by atoms with E-state index in [0.717, 1.165) is 10.5 Å². The first-order chi connectivity index (χ1) is 32.8. The Balaban J connectivity index is 1.72. The number of ketones is 3. The van der Waals surface area contributed by atoms with E-state index < -0.39 is 97.2 Å². The molecule has 1 unspecified atom stereocenters. The Bertz CT molecular complexity index is 1980. The molecule has 16 atom stereocenters. The van der Waals surface area contributed by atoms with E-state index in [1.54, 1.807) is 61.3 Å². The summed E-state index contributed by atoms with van der Waals surface area (Å²) in [5, 5.41) is 34.4. The molecule has 2 saturated heterocycles. The zero-order valence-corrected chi connectivity index (χ0v) is 44.6. The summed E-state index contributed by atoms with van der Waals surface area (Å²) in [6, 6.07) is -1.43. The molecule has 3 aliphatic heterocycles. The third kappa shape index (κ3) is 16.2. The summed E-state index contributed by atoms with van der Waals surface area (Å²) in [6.45, 7) is 15.4. The quantitative estimate of drug-likeness (QED) is 0.0995. The lowest BCUT2D eigenvalue weighted by atomic mass is 9.78. The van der Waals surface area contributed by atoms with Crippen molar-refractivity contribution < 1.29 is 72.1 Å². The van der Waals surface area contributed by atoms with Crippen molar-refractivity contribution in [3.63, 3.8) is 0 Å². The van der Waals surface area contributed by atoms with Crippen molar-refractivity contribution in [2.45, 2.75) is 180 Å². The van der Waals surface area contributed by atoms with E-state index in [9.17, 15) is 43.9 Å². The first-order valence-corrected chi connectivity index (χ1v) is 27.8. The van der Waals surface area contributed by atoms with E-state index in [-0.39, 0.29) is 67.8 Å². The van der Waals surface area contributed by atoms with Gasteiger partial charge in [0.25, 0.3) is 11.7 Å². The number of amides is 1. The van der Waals surface area contributed by atoms with Crippen LogP contribution >= 0.6 is 7.37 Å². The number of methoxy groups -OCH3 is 3. The van der Waals surface area contributed by atoms with Crippen molar-refractivity contribution in [2.75, 3.05) is 41.2 Å². The Labute approximate surface area is 416 Å². The molecule has 70 heavy (non-hydrogen) atoms. The molecule has 17 heteroatoms. The molecule has 16 nitrogen and oxygen atoms in total. The maximum atomic E-state index is 14.5. The van der Waals surface area contributed by atoms with Crippen molar-refractivity contribution in [1.29, 1.82) is 0 Å². The monoisotopic (exact) mass is 1010 g/mol. The van der Waals surface area contributed by atoms with E-state index >= 15 is 0 Å². The number of hydrogen-bond donors (Lipinski definition) is 3. The van der Waals surface area contributed by atoms with Gasteiger partial charge in [0.2, 0.25) is 5.79 Å². The van der Waals surface area contributed by atoms with Crippen LogP contribution in [-0.2, 0) is 56.7 Å². The molecule has 1 amide bonds. The van der Waals surface area contributed by atoms with Gasteiger partial charge < -0.3 is 48.4 Å². The van der Waals surface area contributed by atoms with Gasteiger partial charge in [0.1, 0.15) is 30.1 Å². The van der Waals surface area contributed by atoms with Crippen LogP contribution in [0, 0.1) is 35.5 Å². The minimum Gasteiger partial charge on any atom is -0.460 e. The molecule has 0 radical (unpaired) electrons. The summed E-state index contributed by atoms with van der Waals surface area (Å²) in [4.78, 5) is 72.2. The van der Waals surface area contributed by atoms with Crippen LogP contribution in [0.1, 0.15) is 119 Å². The number of nitrogens with zero attached hydrogens (tertiary/aromatic N) is 1. The Hall–Kier alpha value is -3.18. The van der Waals surface area contributed by atoms with Gasteiger partial charge in [-0.2, -0.15) is 0 Å². The average Bonchev–Trinajstić information content (AvgIpc) is 3.30. The Morgan fingerprint density at radius 2 is 1.54 bits per heavy atom. The first kappa shape index (κ1) is 59.4. The van der Waals surface area contributed by atoms with Gasteiger partial charge in [-0.1, -0.05) is 71.1 Å². The van der Waals surface area contributed by atoms with E-state index in [1.807, 2.05) is 51.2 Å². The van der Waals surface area contributed by atoms with Gasteiger partial charge in [0.05, 0.1) is 30.5 Å². The molecule has 4 aliphatic rings. The maximum absolute atomic E-state index is 14.5. The predicted octanol–water partition coefficient (Wildman–Crippen LogP) is 6.71. The van der Waals surface area contributed by atoms with Crippen molar-refractivity contribution in [1.82, 2.24) is 4.90 Å². The number of aliphatic hydroxyl groups is 3. The van der Waals surface area contributed by atoms with Crippen molar-refractivity contribution >= 4 is 36.6 Å². The fourth-order valence-electron chi connectivity index (χ4n) is 10.5. The van der Waals surface area contributed by atoms with Crippen LogP contribution in [0.15, 0.2) is 47.6 Å². The smallest absolute Gasteiger partial charge is 0.329 e. The molecule has 0 spiro atoms. The maximum Gasteiger partial charge on any atom is 0.329 e. The van der Waals surface area contributed by atoms with Crippen LogP contribution in [-0.4, -0.2) is 151 Å². The topological polar surface area (TPSA) is 222 Å². The fourth-order valence-corrected chi connectivity index (χ4v) is 11.4.